The summed E-state index contributed by atoms with van der Waals surface area (Å²) in [5.41, 5.74) is -1.20. The van der Waals surface area contributed by atoms with E-state index >= 15 is 0 Å². The smallest absolute Gasteiger partial charge is 0.416 e. The molecule has 0 aliphatic rings. The van der Waals surface area contributed by atoms with E-state index in [0.29, 0.717) is 0 Å². The highest BCUT2D eigenvalue weighted by Gasteiger charge is 2.22. The molecule has 0 aliphatic heterocycles. The highest BCUT2D eigenvalue weighted by Crippen LogP contribution is 2.09. The summed E-state index contributed by atoms with van der Waals surface area (Å²) in [5, 5.41) is 25.6. The fourth-order valence-electron chi connectivity index (χ4n) is 0.977. The Morgan fingerprint density at radius 3 is 1.50 bits per heavy atom. The van der Waals surface area contributed by atoms with Crippen LogP contribution < -0.4 is 0 Å². The Morgan fingerprint density at radius 1 is 0.929 bits per heavy atom. The van der Waals surface area contributed by atoms with E-state index in [1.54, 1.807) is 0 Å². The van der Waals surface area contributed by atoms with Crippen LogP contribution in [0.1, 0.15) is 21.0 Å². The number of aromatic nitrogens is 1. The van der Waals surface area contributed by atoms with Gasteiger partial charge in [-0.2, -0.15) is 0 Å². The molecule has 0 bridgehead atoms. The molecule has 7 nitrogen and oxygen atoms in total. The second-order valence-corrected chi connectivity index (χ2v) is 2.33. The van der Waals surface area contributed by atoms with Crippen molar-refractivity contribution in [3.8, 4) is 0 Å². The van der Waals surface area contributed by atoms with Crippen molar-refractivity contribution in [1.29, 1.82) is 0 Å². The average Bonchev–Trinajstić information content (AvgIpc) is 2.46. The highest BCUT2D eigenvalue weighted by atomic mass is 16.4. The number of carboxylic acid groups (broad SMARTS) is 3. The van der Waals surface area contributed by atoms with E-state index in [1.807, 2.05) is 0 Å². The van der Waals surface area contributed by atoms with Crippen LogP contribution in [0.25, 0.3) is 0 Å². The van der Waals surface area contributed by atoms with Crippen LogP contribution in [0.5, 0.6) is 0 Å². The van der Waals surface area contributed by atoms with Crippen LogP contribution >= 0.6 is 0 Å². The molecule has 0 unspecified atom stereocenters. The van der Waals surface area contributed by atoms with Gasteiger partial charge < -0.3 is 15.3 Å². The SMILES string of the molecule is O=C(O)c1ccc(C(=O)O)n1C(=O)O. The molecule has 0 radical (unpaired) electrons. The minimum absolute atomic E-state index is 0.199. The first-order chi connectivity index (χ1) is 6.45. The van der Waals surface area contributed by atoms with Gasteiger partial charge in [-0.1, -0.05) is 0 Å². The fraction of sp³-hybridized carbons (Fsp3) is 0. The van der Waals surface area contributed by atoms with E-state index in [1.165, 1.54) is 0 Å². The van der Waals surface area contributed by atoms with Gasteiger partial charge in [0.2, 0.25) is 0 Å². The maximum absolute atomic E-state index is 10.5. The maximum atomic E-state index is 10.5. The van der Waals surface area contributed by atoms with Gasteiger partial charge in [-0.25, -0.2) is 19.0 Å². The van der Waals surface area contributed by atoms with E-state index in [-0.39, 0.29) is 4.57 Å². The largest absolute Gasteiger partial charge is 0.477 e. The lowest BCUT2D eigenvalue weighted by Gasteiger charge is -2.01. The van der Waals surface area contributed by atoms with Crippen molar-refractivity contribution in [2.24, 2.45) is 0 Å². The van der Waals surface area contributed by atoms with Crippen LogP contribution in [0, 0.1) is 0 Å². The molecule has 0 fully saturated rings. The molecule has 0 amide bonds. The lowest BCUT2D eigenvalue weighted by molar-refractivity contribution is 0.0675. The van der Waals surface area contributed by atoms with Crippen LogP contribution in [0.15, 0.2) is 12.1 Å². The van der Waals surface area contributed by atoms with Crippen molar-refractivity contribution in [3.05, 3.63) is 23.5 Å². The van der Waals surface area contributed by atoms with Crippen LogP contribution in [-0.4, -0.2) is 37.9 Å². The third kappa shape index (κ3) is 1.42. The number of nitrogens with zero attached hydrogens (tertiary/aromatic N) is 1. The number of hydrogen-bond donors (Lipinski definition) is 3. The predicted octanol–water partition coefficient (Wildman–Crippen LogP) is 0.411. The van der Waals surface area contributed by atoms with Crippen molar-refractivity contribution in [2.75, 3.05) is 0 Å². The topological polar surface area (TPSA) is 117 Å². The monoisotopic (exact) mass is 199 g/mol. The quantitative estimate of drug-likeness (QED) is 0.634. The van der Waals surface area contributed by atoms with Crippen molar-refractivity contribution in [3.63, 3.8) is 0 Å². The Hall–Kier alpha value is -2.31. The van der Waals surface area contributed by atoms with Crippen molar-refractivity contribution in [2.45, 2.75) is 0 Å². The van der Waals surface area contributed by atoms with Gasteiger partial charge in [0.15, 0.2) is 0 Å². The molecule has 1 aromatic heterocycles. The normalized spacial score (nSPS) is 9.71. The number of aromatic carboxylic acids is 2. The molecule has 0 saturated heterocycles. The molecule has 1 aromatic rings. The summed E-state index contributed by atoms with van der Waals surface area (Å²) in [6, 6.07) is 1.83. The van der Waals surface area contributed by atoms with E-state index < -0.39 is 29.4 Å². The zero-order valence-corrected chi connectivity index (χ0v) is 6.67. The second kappa shape index (κ2) is 3.21. The summed E-state index contributed by atoms with van der Waals surface area (Å²) in [5.74, 6) is -3.00. The molecule has 0 spiro atoms. The molecule has 7 heteroatoms. The molecule has 0 aliphatic carbocycles. The fourth-order valence-corrected chi connectivity index (χ4v) is 0.977. The third-order valence-electron chi connectivity index (χ3n) is 1.51. The average molecular weight is 199 g/mol. The van der Waals surface area contributed by atoms with Gasteiger partial charge in [-0.05, 0) is 12.1 Å². The minimum Gasteiger partial charge on any atom is -0.477 e. The first kappa shape index (κ1) is 9.78. The van der Waals surface area contributed by atoms with E-state index in [2.05, 4.69) is 0 Å². The standard InChI is InChI=1S/C7H5NO6/c9-5(10)3-1-2-4(6(11)12)8(3)7(13)14/h1-2H,(H,9,10)(H,11,12)(H,13,14). The highest BCUT2D eigenvalue weighted by molar-refractivity contribution is 5.97. The Bertz CT molecular complexity index is 386. The Kier molecular flexibility index (Phi) is 2.24. The van der Waals surface area contributed by atoms with E-state index in [9.17, 15) is 14.4 Å². The number of hydrogen-bond acceptors (Lipinski definition) is 3. The maximum Gasteiger partial charge on any atom is 0.416 e. The van der Waals surface area contributed by atoms with Crippen LogP contribution in [0.2, 0.25) is 0 Å². The number of carboxylic acids is 2. The van der Waals surface area contributed by atoms with Gasteiger partial charge in [0, 0.05) is 0 Å². The summed E-state index contributed by atoms with van der Waals surface area (Å²) in [4.78, 5) is 31.5. The molecule has 1 rings (SSSR count). The lowest BCUT2D eigenvalue weighted by atomic mass is 10.4. The Morgan fingerprint density at radius 2 is 1.29 bits per heavy atom. The van der Waals surface area contributed by atoms with Crippen molar-refractivity contribution < 1.29 is 29.7 Å². The zero-order valence-electron chi connectivity index (χ0n) is 6.67. The second-order valence-electron chi connectivity index (χ2n) is 2.33. The molecule has 0 saturated carbocycles. The first-order valence-corrected chi connectivity index (χ1v) is 3.36. The molecule has 74 valence electrons. The summed E-state index contributed by atoms with van der Waals surface area (Å²) >= 11 is 0. The zero-order chi connectivity index (χ0) is 10.9. The molecule has 3 N–H and O–H groups in total. The summed E-state index contributed by atoms with van der Waals surface area (Å²) in [6.07, 6.45) is -1.65. The summed E-state index contributed by atoms with van der Waals surface area (Å²) in [7, 11) is 0. The molecule has 0 atom stereocenters. The first-order valence-electron chi connectivity index (χ1n) is 3.36. The summed E-state index contributed by atoms with van der Waals surface area (Å²) < 4.78 is 0.199. The van der Waals surface area contributed by atoms with Crippen LogP contribution in [0.3, 0.4) is 0 Å². The van der Waals surface area contributed by atoms with Crippen molar-refractivity contribution in [1.82, 2.24) is 4.57 Å². The molecule has 0 aromatic carbocycles. The van der Waals surface area contributed by atoms with E-state index in [0.717, 1.165) is 12.1 Å². The third-order valence-corrected chi connectivity index (χ3v) is 1.51. The number of carbonyl (C=O) groups is 3. The van der Waals surface area contributed by atoms with Crippen molar-refractivity contribution >= 4 is 18.0 Å². The Labute approximate surface area is 76.8 Å². The number of rotatable bonds is 2. The minimum atomic E-state index is -1.65. The molecular weight excluding hydrogens is 194 g/mol. The van der Waals surface area contributed by atoms with Gasteiger partial charge in [-0.15, -0.1) is 0 Å². The summed E-state index contributed by atoms with van der Waals surface area (Å²) in [6.45, 7) is 0. The molecule has 14 heavy (non-hydrogen) atoms. The molecular formula is C7H5NO6. The van der Waals surface area contributed by atoms with Gasteiger partial charge in [0.25, 0.3) is 0 Å². The van der Waals surface area contributed by atoms with Gasteiger partial charge in [0.05, 0.1) is 0 Å². The predicted molar refractivity (Wildman–Crippen MR) is 41.8 cm³/mol. The molecule has 1 heterocycles. The van der Waals surface area contributed by atoms with Gasteiger partial charge >= 0.3 is 18.0 Å². The lowest BCUT2D eigenvalue weighted by Crippen LogP contribution is -2.20. The van der Waals surface area contributed by atoms with Gasteiger partial charge in [0.1, 0.15) is 11.4 Å². The van der Waals surface area contributed by atoms with Gasteiger partial charge in [-0.3, -0.25) is 0 Å². The van der Waals surface area contributed by atoms with E-state index in [4.69, 9.17) is 15.3 Å². The Balaban J connectivity index is 3.42. The van der Waals surface area contributed by atoms with Crippen LogP contribution in [0.4, 0.5) is 4.79 Å². The van der Waals surface area contributed by atoms with Crippen LogP contribution in [-0.2, 0) is 0 Å².